The van der Waals surface area contributed by atoms with Crippen molar-refractivity contribution in [3.05, 3.63) is 23.8 Å². The molecule has 1 atom stereocenters. The molecule has 0 saturated carbocycles. The monoisotopic (exact) mass is 293 g/mol. The summed E-state index contributed by atoms with van der Waals surface area (Å²) in [6, 6.07) is 4.55. The molecule has 1 aliphatic rings. The van der Waals surface area contributed by atoms with Gasteiger partial charge in [-0.1, -0.05) is 6.07 Å². The molecule has 114 valence electrons. The van der Waals surface area contributed by atoms with E-state index in [1.165, 1.54) is 13.2 Å². The van der Waals surface area contributed by atoms with Crippen LogP contribution in [0.3, 0.4) is 0 Å². The highest BCUT2D eigenvalue weighted by Gasteiger charge is 2.26. The zero-order valence-electron chi connectivity index (χ0n) is 12.0. The van der Waals surface area contributed by atoms with Gasteiger partial charge in [-0.3, -0.25) is 14.9 Å². The topological polar surface area (TPSA) is 90.9 Å². The Kier molecular flexibility index (Phi) is 4.64. The number of likely N-dealkylation sites (N-methyl/N-ethyl adjacent to an activating group) is 1. The predicted molar refractivity (Wildman–Crippen MR) is 75.9 cm³/mol. The van der Waals surface area contributed by atoms with Crippen LogP contribution in [0, 0.1) is 0 Å². The Hall–Kier alpha value is -2.28. The second kappa shape index (κ2) is 6.45. The lowest BCUT2D eigenvalue weighted by Gasteiger charge is -2.27. The number of ether oxygens (including phenoxy) is 1. The average molecular weight is 293 g/mol. The number of rotatable bonds is 4. The van der Waals surface area contributed by atoms with E-state index in [1.807, 2.05) is 0 Å². The SMILES string of the molecule is COc1cc(CN(C)C(=O)C2CNC(=O)CN2)ccc1O. The minimum atomic E-state index is -0.410. The molecule has 1 unspecified atom stereocenters. The number of methoxy groups -OCH3 is 1. The molecule has 1 aliphatic heterocycles. The Labute approximate surface area is 122 Å². The van der Waals surface area contributed by atoms with Crippen LogP contribution in [0.4, 0.5) is 0 Å². The van der Waals surface area contributed by atoms with Crippen molar-refractivity contribution in [3.8, 4) is 11.5 Å². The van der Waals surface area contributed by atoms with Crippen molar-refractivity contribution in [2.24, 2.45) is 0 Å². The van der Waals surface area contributed by atoms with Gasteiger partial charge in [-0.25, -0.2) is 0 Å². The molecule has 0 radical (unpaired) electrons. The largest absolute Gasteiger partial charge is 0.504 e. The summed E-state index contributed by atoms with van der Waals surface area (Å²) < 4.78 is 5.04. The molecule has 3 N–H and O–H groups in total. The summed E-state index contributed by atoms with van der Waals surface area (Å²) in [6.45, 7) is 0.833. The van der Waals surface area contributed by atoms with Crippen LogP contribution < -0.4 is 15.4 Å². The van der Waals surface area contributed by atoms with Gasteiger partial charge >= 0.3 is 0 Å². The Morgan fingerprint density at radius 1 is 1.52 bits per heavy atom. The van der Waals surface area contributed by atoms with E-state index in [9.17, 15) is 14.7 Å². The van der Waals surface area contributed by atoms with Crippen LogP contribution in [0.1, 0.15) is 5.56 Å². The minimum absolute atomic E-state index is 0.0619. The molecular weight excluding hydrogens is 274 g/mol. The van der Waals surface area contributed by atoms with Crippen LogP contribution in [0.5, 0.6) is 11.5 Å². The molecule has 7 heteroatoms. The van der Waals surface area contributed by atoms with Crippen molar-refractivity contribution >= 4 is 11.8 Å². The minimum Gasteiger partial charge on any atom is -0.504 e. The van der Waals surface area contributed by atoms with E-state index in [-0.39, 0.29) is 24.1 Å². The number of hydrogen-bond donors (Lipinski definition) is 3. The maximum Gasteiger partial charge on any atom is 0.241 e. The first-order chi connectivity index (χ1) is 10.0. The van der Waals surface area contributed by atoms with Crippen LogP contribution in [0.25, 0.3) is 0 Å². The molecule has 1 heterocycles. The Balaban J connectivity index is 1.98. The van der Waals surface area contributed by atoms with Gasteiger partial charge in [-0.15, -0.1) is 0 Å². The fourth-order valence-electron chi connectivity index (χ4n) is 2.18. The molecule has 0 aliphatic carbocycles. The van der Waals surface area contributed by atoms with Crippen molar-refractivity contribution < 1.29 is 19.4 Å². The van der Waals surface area contributed by atoms with Crippen LogP contribution in [-0.4, -0.2) is 55.1 Å². The molecule has 2 amide bonds. The van der Waals surface area contributed by atoms with E-state index in [1.54, 1.807) is 24.1 Å². The summed E-state index contributed by atoms with van der Waals surface area (Å²) in [6.07, 6.45) is 0. The first-order valence-corrected chi connectivity index (χ1v) is 6.62. The van der Waals surface area contributed by atoms with Gasteiger partial charge in [-0.05, 0) is 17.7 Å². The number of hydrogen-bond acceptors (Lipinski definition) is 5. The summed E-state index contributed by atoms with van der Waals surface area (Å²) in [5, 5.41) is 15.1. The smallest absolute Gasteiger partial charge is 0.241 e. The van der Waals surface area contributed by atoms with Crippen molar-refractivity contribution in [1.82, 2.24) is 15.5 Å². The zero-order valence-corrected chi connectivity index (χ0v) is 12.0. The average Bonchev–Trinajstić information content (AvgIpc) is 2.49. The fraction of sp³-hybridized carbons (Fsp3) is 0.429. The van der Waals surface area contributed by atoms with E-state index >= 15 is 0 Å². The number of nitrogens with one attached hydrogen (secondary N) is 2. The highest BCUT2D eigenvalue weighted by molar-refractivity contribution is 5.86. The molecule has 0 bridgehead atoms. The first kappa shape index (κ1) is 15.1. The summed E-state index contributed by atoms with van der Waals surface area (Å²) in [4.78, 5) is 24.9. The van der Waals surface area contributed by atoms with Crippen molar-refractivity contribution in [1.29, 1.82) is 0 Å². The lowest BCUT2D eigenvalue weighted by atomic mass is 10.1. The second-order valence-electron chi connectivity index (χ2n) is 4.94. The van der Waals surface area contributed by atoms with Crippen molar-refractivity contribution in [2.75, 3.05) is 27.2 Å². The maximum atomic E-state index is 12.3. The summed E-state index contributed by atoms with van der Waals surface area (Å²) in [5.74, 6) is 0.232. The Morgan fingerprint density at radius 2 is 2.29 bits per heavy atom. The van der Waals surface area contributed by atoms with E-state index in [2.05, 4.69) is 10.6 Å². The number of nitrogens with zero attached hydrogens (tertiary/aromatic N) is 1. The quantitative estimate of drug-likeness (QED) is 0.693. The molecule has 0 spiro atoms. The summed E-state index contributed by atoms with van der Waals surface area (Å²) >= 11 is 0. The molecule has 1 saturated heterocycles. The van der Waals surface area contributed by atoms with Crippen molar-refractivity contribution in [3.63, 3.8) is 0 Å². The van der Waals surface area contributed by atoms with Gasteiger partial charge in [0.15, 0.2) is 11.5 Å². The van der Waals surface area contributed by atoms with Crippen LogP contribution in [0.15, 0.2) is 18.2 Å². The Morgan fingerprint density at radius 3 is 2.90 bits per heavy atom. The van der Waals surface area contributed by atoms with E-state index < -0.39 is 6.04 Å². The lowest BCUT2D eigenvalue weighted by Crippen LogP contribution is -2.58. The normalized spacial score (nSPS) is 18.0. The zero-order chi connectivity index (χ0) is 15.4. The van der Waals surface area contributed by atoms with Crippen LogP contribution >= 0.6 is 0 Å². The number of aromatic hydroxyl groups is 1. The van der Waals surface area contributed by atoms with Gasteiger partial charge in [0.25, 0.3) is 0 Å². The molecule has 0 aromatic heterocycles. The third-order valence-corrected chi connectivity index (χ3v) is 3.35. The number of phenols is 1. The number of phenolic OH excluding ortho intramolecular Hbond substituents is 1. The number of benzene rings is 1. The summed E-state index contributed by atoms with van der Waals surface area (Å²) in [7, 11) is 3.17. The Bertz CT molecular complexity index is 537. The second-order valence-corrected chi connectivity index (χ2v) is 4.94. The van der Waals surface area contributed by atoms with Gasteiger partial charge in [0, 0.05) is 20.1 Å². The van der Waals surface area contributed by atoms with Gasteiger partial charge in [-0.2, -0.15) is 0 Å². The lowest BCUT2D eigenvalue weighted by molar-refractivity contribution is -0.134. The molecule has 2 rings (SSSR count). The highest BCUT2D eigenvalue weighted by Crippen LogP contribution is 2.26. The van der Waals surface area contributed by atoms with Gasteiger partial charge in [0.05, 0.1) is 13.7 Å². The fourth-order valence-corrected chi connectivity index (χ4v) is 2.18. The third kappa shape index (κ3) is 3.63. The standard InChI is InChI=1S/C14H19N3O4/c1-17(14(20)10-6-16-13(19)7-15-10)8-9-3-4-11(18)12(5-9)21-2/h3-5,10,15,18H,6-8H2,1-2H3,(H,16,19). The molecule has 1 aromatic rings. The van der Waals surface area contributed by atoms with E-state index in [4.69, 9.17) is 4.74 Å². The van der Waals surface area contributed by atoms with Gasteiger partial charge in [0.1, 0.15) is 6.04 Å². The van der Waals surface area contributed by atoms with Gasteiger partial charge < -0.3 is 20.1 Å². The molecule has 21 heavy (non-hydrogen) atoms. The first-order valence-electron chi connectivity index (χ1n) is 6.62. The van der Waals surface area contributed by atoms with E-state index in [0.717, 1.165) is 5.56 Å². The molecule has 1 aromatic carbocycles. The summed E-state index contributed by atoms with van der Waals surface area (Å²) in [5.41, 5.74) is 0.848. The van der Waals surface area contributed by atoms with E-state index in [0.29, 0.717) is 18.8 Å². The molecular formula is C14H19N3O4. The van der Waals surface area contributed by atoms with Crippen LogP contribution in [0.2, 0.25) is 0 Å². The maximum absolute atomic E-state index is 12.3. The number of carbonyl (C=O) groups is 2. The highest BCUT2D eigenvalue weighted by atomic mass is 16.5. The number of carbonyl (C=O) groups excluding carboxylic acids is 2. The van der Waals surface area contributed by atoms with Crippen molar-refractivity contribution in [2.45, 2.75) is 12.6 Å². The molecule has 1 fully saturated rings. The molecule has 7 nitrogen and oxygen atoms in total. The number of amides is 2. The predicted octanol–water partition coefficient (Wildman–Crippen LogP) is -0.553. The third-order valence-electron chi connectivity index (χ3n) is 3.35. The van der Waals surface area contributed by atoms with Gasteiger partial charge in [0.2, 0.25) is 11.8 Å². The number of piperazine rings is 1. The van der Waals surface area contributed by atoms with Crippen LogP contribution in [-0.2, 0) is 16.1 Å².